The Morgan fingerprint density at radius 3 is 2.00 bits per heavy atom. The second-order valence-electron chi connectivity index (χ2n) is 3.98. The molecule has 68 valence electrons. The molecule has 0 atom stereocenters. The highest BCUT2D eigenvalue weighted by molar-refractivity contribution is 8.14. The van der Waals surface area contributed by atoms with E-state index in [0.717, 1.165) is 0 Å². The predicted molar refractivity (Wildman–Crippen MR) is 60.0 cm³/mol. The summed E-state index contributed by atoms with van der Waals surface area (Å²) in [5.74, 6) is 0. The van der Waals surface area contributed by atoms with Crippen LogP contribution in [0, 0.1) is 0 Å². The van der Waals surface area contributed by atoms with Gasteiger partial charge in [0.25, 0.3) is 0 Å². The molecule has 0 amide bonds. The SMILES string of the molecule is CCCCCCC[Si](C)(C)S. The van der Waals surface area contributed by atoms with E-state index in [1.807, 2.05) is 0 Å². The van der Waals surface area contributed by atoms with Crippen LogP contribution < -0.4 is 0 Å². The van der Waals surface area contributed by atoms with Gasteiger partial charge in [-0.15, -0.1) is 0 Å². The third-order valence-electron chi connectivity index (χ3n) is 1.89. The van der Waals surface area contributed by atoms with Crippen LogP contribution in [0.2, 0.25) is 19.1 Å². The van der Waals surface area contributed by atoms with Gasteiger partial charge in [0, 0.05) is 0 Å². The van der Waals surface area contributed by atoms with Crippen molar-refractivity contribution in [1.29, 1.82) is 0 Å². The van der Waals surface area contributed by atoms with E-state index in [2.05, 4.69) is 32.1 Å². The summed E-state index contributed by atoms with van der Waals surface area (Å²) in [6.45, 7) is 6.92. The summed E-state index contributed by atoms with van der Waals surface area (Å²) >= 11 is 4.62. The van der Waals surface area contributed by atoms with Crippen molar-refractivity contribution in [2.45, 2.75) is 58.2 Å². The average molecular weight is 190 g/mol. The zero-order chi connectivity index (χ0) is 8.74. The molecule has 0 saturated heterocycles. The van der Waals surface area contributed by atoms with Gasteiger partial charge >= 0.3 is 0 Å². The van der Waals surface area contributed by atoms with Crippen LogP contribution in [-0.2, 0) is 0 Å². The molecule has 0 heterocycles. The molecule has 0 bridgehead atoms. The first-order valence-electron chi connectivity index (χ1n) is 4.78. The molecule has 0 unspecified atom stereocenters. The van der Waals surface area contributed by atoms with E-state index in [-0.39, 0.29) is 0 Å². The van der Waals surface area contributed by atoms with Gasteiger partial charge in [0.15, 0.2) is 0 Å². The molecule has 0 aliphatic carbocycles. The van der Waals surface area contributed by atoms with Crippen LogP contribution >= 0.6 is 12.1 Å². The smallest absolute Gasteiger partial charge is 0.107 e. The Labute approximate surface area is 77.8 Å². The predicted octanol–water partition coefficient (Wildman–Crippen LogP) is 4.09. The summed E-state index contributed by atoms with van der Waals surface area (Å²) in [6.07, 6.45) is 7.01. The lowest BCUT2D eigenvalue weighted by molar-refractivity contribution is 0.654. The Balaban J connectivity index is 3.02. The zero-order valence-electron chi connectivity index (χ0n) is 8.19. The van der Waals surface area contributed by atoms with Crippen LogP contribution in [0.5, 0.6) is 0 Å². The lowest BCUT2D eigenvalue weighted by Gasteiger charge is -2.13. The maximum absolute atomic E-state index is 4.62. The minimum atomic E-state index is -1.02. The maximum Gasteiger partial charge on any atom is 0.107 e. The fraction of sp³-hybridized carbons (Fsp3) is 1.00. The monoisotopic (exact) mass is 190 g/mol. The first kappa shape index (κ1) is 11.6. The second kappa shape index (κ2) is 6.12. The van der Waals surface area contributed by atoms with Gasteiger partial charge in [0.1, 0.15) is 7.22 Å². The molecule has 0 saturated carbocycles. The number of hydrogen-bond donors (Lipinski definition) is 1. The van der Waals surface area contributed by atoms with E-state index >= 15 is 0 Å². The van der Waals surface area contributed by atoms with Crippen LogP contribution in [0.4, 0.5) is 0 Å². The summed E-state index contributed by atoms with van der Waals surface area (Å²) in [7, 11) is -1.02. The largest absolute Gasteiger partial charge is 0.202 e. The summed E-state index contributed by atoms with van der Waals surface area (Å²) < 4.78 is 0. The van der Waals surface area contributed by atoms with Crippen LogP contribution in [0.25, 0.3) is 0 Å². The second-order valence-corrected chi connectivity index (χ2v) is 11.7. The van der Waals surface area contributed by atoms with Crippen LogP contribution in [0.1, 0.15) is 39.0 Å². The van der Waals surface area contributed by atoms with Gasteiger partial charge in [-0.25, -0.2) is 12.1 Å². The van der Waals surface area contributed by atoms with Gasteiger partial charge in [-0.05, 0) is 6.04 Å². The van der Waals surface area contributed by atoms with Gasteiger partial charge in [-0.2, -0.15) is 0 Å². The molecule has 0 aliphatic heterocycles. The third kappa shape index (κ3) is 10.6. The molecule has 0 radical (unpaired) electrons. The first-order chi connectivity index (χ1) is 5.06. The minimum absolute atomic E-state index is 1.02. The Morgan fingerprint density at radius 2 is 1.55 bits per heavy atom. The Hall–Kier alpha value is 0.567. The third-order valence-corrected chi connectivity index (χ3v) is 4.14. The highest BCUT2D eigenvalue weighted by Crippen LogP contribution is 2.18. The fourth-order valence-electron chi connectivity index (χ4n) is 1.16. The standard InChI is InChI=1S/C9H22SSi/c1-4-5-6-7-8-9-11(2,3)10/h10H,4-9H2,1-3H3. The van der Waals surface area contributed by atoms with E-state index in [1.54, 1.807) is 0 Å². The molecular weight excluding hydrogens is 168 g/mol. The van der Waals surface area contributed by atoms with E-state index in [4.69, 9.17) is 0 Å². The van der Waals surface area contributed by atoms with E-state index in [1.165, 1.54) is 38.1 Å². The highest BCUT2D eigenvalue weighted by Gasteiger charge is 2.12. The Bertz CT molecular complexity index is 86.1. The van der Waals surface area contributed by atoms with Crippen molar-refractivity contribution < 1.29 is 0 Å². The summed E-state index contributed by atoms with van der Waals surface area (Å²) in [5, 5.41) is 0. The number of thiol groups is 1. The highest BCUT2D eigenvalue weighted by atomic mass is 32.3. The zero-order valence-corrected chi connectivity index (χ0v) is 10.1. The average Bonchev–Trinajstić information content (AvgIpc) is 1.85. The first-order valence-corrected chi connectivity index (χ1v) is 9.28. The van der Waals surface area contributed by atoms with E-state index < -0.39 is 7.22 Å². The number of hydrogen-bond acceptors (Lipinski definition) is 1. The quantitative estimate of drug-likeness (QED) is 0.364. The van der Waals surface area contributed by atoms with Crippen molar-refractivity contribution in [1.82, 2.24) is 0 Å². The molecule has 0 aliphatic rings. The van der Waals surface area contributed by atoms with Gasteiger partial charge in [-0.1, -0.05) is 52.1 Å². The summed E-state index contributed by atoms with van der Waals surface area (Å²) in [6, 6.07) is 1.39. The van der Waals surface area contributed by atoms with Crippen molar-refractivity contribution in [3.63, 3.8) is 0 Å². The van der Waals surface area contributed by atoms with Gasteiger partial charge in [0.2, 0.25) is 0 Å². The van der Waals surface area contributed by atoms with E-state index in [0.29, 0.717) is 0 Å². The van der Waals surface area contributed by atoms with E-state index in [9.17, 15) is 0 Å². The van der Waals surface area contributed by atoms with Gasteiger partial charge < -0.3 is 0 Å². The molecule has 0 fully saturated rings. The lowest BCUT2D eigenvalue weighted by atomic mass is 10.2. The molecule has 0 spiro atoms. The number of rotatable bonds is 6. The van der Waals surface area contributed by atoms with Crippen LogP contribution in [0.15, 0.2) is 0 Å². The molecule has 0 nitrogen and oxygen atoms in total. The molecule has 11 heavy (non-hydrogen) atoms. The molecule has 0 rings (SSSR count). The fourth-order valence-corrected chi connectivity index (χ4v) is 2.75. The summed E-state index contributed by atoms with van der Waals surface area (Å²) in [5.41, 5.74) is 0. The molecule has 0 aromatic rings. The van der Waals surface area contributed by atoms with Crippen molar-refractivity contribution in [3.05, 3.63) is 0 Å². The van der Waals surface area contributed by atoms with Crippen molar-refractivity contribution in [3.8, 4) is 0 Å². The normalized spacial score (nSPS) is 12.0. The van der Waals surface area contributed by atoms with Crippen LogP contribution in [-0.4, -0.2) is 7.22 Å². The Morgan fingerprint density at radius 1 is 1.00 bits per heavy atom. The van der Waals surface area contributed by atoms with Gasteiger partial charge in [0.05, 0.1) is 0 Å². The molecule has 0 aromatic carbocycles. The number of unbranched alkanes of at least 4 members (excludes halogenated alkanes) is 4. The van der Waals surface area contributed by atoms with Crippen molar-refractivity contribution in [2.75, 3.05) is 0 Å². The lowest BCUT2D eigenvalue weighted by Crippen LogP contribution is -2.15. The minimum Gasteiger partial charge on any atom is -0.202 e. The molecule has 0 N–H and O–H groups in total. The molecular formula is C9H22SSi. The topological polar surface area (TPSA) is 0 Å². The Kier molecular flexibility index (Phi) is 6.44. The van der Waals surface area contributed by atoms with Gasteiger partial charge in [-0.3, -0.25) is 0 Å². The molecule has 0 aromatic heterocycles. The maximum atomic E-state index is 4.62. The van der Waals surface area contributed by atoms with Crippen LogP contribution in [0.3, 0.4) is 0 Å². The van der Waals surface area contributed by atoms with Crippen molar-refractivity contribution in [2.24, 2.45) is 0 Å². The summed E-state index contributed by atoms with van der Waals surface area (Å²) in [4.78, 5) is 0. The molecule has 2 heteroatoms. The van der Waals surface area contributed by atoms with Crippen molar-refractivity contribution >= 4 is 19.3 Å².